The summed E-state index contributed by atoms with van der Waals surface area (Å²) in [5.74, 6) is -0.691. The molecule has 1 aliphatic rings. The van der Waals surface area contributed by atoms with E-state index in [4.69, 9.17) is 4.74 Å². The van der Waals surface area contributed by atoms with E-state index in [1.54, 1.807) is 19.1 Å². The number of aryl methyl sites for hydroxylation is 1. The van der Waals surface area contributed by atoms with Gasteiger partial charge >= 0.3 is 0 Å². The number of benzene rings is 2. The van der Waals surface area contributed by atoms with Gasteiger partial charge in [0.25, 0.3) is 5.91 Å². The van der Waals surface area contributed by atoms with Crippen LogP contribution in [0.4, 0.5) is 15.8 Å². The summed E-state index contributed by atoms with van der Waals surface area (Å²) in [4.78, 5) is 14.6. The molecule has 120 valence electrons. The lowest BCUT2D eigenvalue weighted by molar-refractivity contribution is 0.102. The molecule has 1 saturated heterocycles. The van der Waals surface area contributed by atoms with Crippen molar-refractivity contribution in [3.8, 4) is 0 Å². The lowest BCUT2D eigenvalue weighted by atomic mass is 10.1. The number of nitrogens with zero attached hydrogens (tertiary/aromatic N) is 1. The normalized spacial score (nSPS) is 14.6. The van der Waals surface area contributed by atoms with Gasteiger partial charge in [-0.15, -0.1) is 0 Å². The molecule has 0 aromatic heterocycles. The Balaban J connectivity index is 1.82. The summed E-state index contributed by atoms with van der Waals surface area (Å²) in [7, 11) is 0. The largest absolute Gasteiger partial charge is 0.378 e. The number of carbonyl (C=O) groups is 1. The molecule has 1 amide bonds. The van der Waals surface area contributed by atoms with Crippen molar-refractivity contribution in [2.75, 3.05) is 36.5 Å². The SMILES string of the molecule is Cc1ccc(C(=O)Nc2ccccc2N2CCOCC2)cc1F. The van der Waals surface area contributed by atoms with Crippen LogP contribution < -0.4 is 10.2 Å². The summed E-state index contributed by atoms with van der Waals surface area (Å²) in [6, 6.07) is 12.1. The van der Waals surface area contributed by atoms with Crippen molar-refractivity contribution in [1.82, 2.24) is 0 Å². The van der Waals surface area contributed by atoms with E-state index < -0.39 is 0 Å². The van der Waals surface area contributed by atoms with E-state index >= 15 is 0 Å². The standard InChI is InChI=1S/C18H19FN2O2/c1-13-6-7-14(12-15(13)19)18(22)20-16-4-2-3-5-17(16)21-8-10-23-11-9-21/h2-7,12H,8-11H2,1H3,(H,20,22). The lowest BCUT2D eigenvalue weighted by Crippen LogP contribution is -2.36. The quantitative estimate of drug-likeness (QED) is 0.946. The van der Waals surface area contributed by atoms with Crippen LogP contribution in [0.25, 0.3) is 0 Å². The Morgan fingerprint density at radius 3 is 2.65 bits per heavy atom. The number of rotatable bonds is 3. The first-order valence-corrected chi connectivity index (χ1v) is 7.64. The molecular formula is C18H19FN2O2. The third-order valence-corrected chi connectivity index (χ3v) is 3.94. The Labute approximate surface area is 134 Å². The Hall–Kier alpha value is -2.40. The van der Waals surface area contributed by atoms with E-state index in [0.29, 0.717) is 24.3 Å². The summed E-state index contributed by atoms with van der Waals surface area (Å²) >= 11 is 0. The predicted octanol–water partition coefficient (Wildman–Crippen LogP) is 3.22. The Morgan fingerprint density at radius 1 is 1.17 bits per heavy atom. The first-order valence-electron chi connectivity index (χ1n) is 7.64. The summed E-state index contributed by atoms with van der Waals surface area (Å²) < 4.78 is 19.0. The number of halogens is 1. The van der Waals surface area contributed by atoms with E-state index in [1.807, 2.05) is 24.3 Å². The third-order valence-electron chi connectivity index (χ3n) is 3.94. The van der Waals surface area contributed by atoms with Gasteiger partial charge in [-0.1, -0.05) is 18.2 Å². The molecule has 0 radical (unpaired) electrons. The number of carbonyl (C=O) groups excluding carboxylic acids is 1. The molecule has 23 heavy (non-hydrogen) atoms. The first kappa shape index (κ1) is 15.5. The number of nitrogens with one attached hydrogen (secondary N) is 1. The molecule has 1 heterocycles. The van der Waals surface area contributed by atoms with Gasteiger partial charge in [0, 0.05) is 18.7 Å². The monoisotopic (exact) mass is 314 g/mol. The number of morpholine rings is 1. The van der Waals surface area contributed by atoms with Crippen molar-refractivity contribution >= 4 is 17.3 Å². The fourth-order valence-corrected chi connectivity index (χ4v) is 2.59. The number of ether oxygens (including phenoxy) is 1. The molecule has 4 nitrogen and oxygen atoms in total. The van der Waals surface area contributed by atoms with Crippen LogP contribution in [-0.2, 0) is 4.74 Å². The molecule has 0 unspecified atom stereocenters. The highest BCUT2D eigenvalue weighted by atomic mass is 19.1. The summed E-state index contributed by atoms with van der Waals surface area (Å²) in [5.41, 5.74) is 2.51. The molecule has 1 fully saturated rings. The smallest absolute Gasteiger partial charge is 0.255 e. The molecule has 0 aliphatic carbocycles. The van der Waals surface area contributed by atoms with E-state index in [9.17, 15) is 9.18 Å². The van der Waals surface area contributed by atoms with Crippen molar-refractivity contribution in [2.24, 2.45) is 0 Å². The fourth-order valence-electron chi connectivity index (χ4n) is 2.59. The second-order valence-corrected chi connectivity index (χ2v) is 5.53. The minimum absolute atomic E-state index is 0.310. The van der Waals surface area contributed by atoms with Gasteiger partial charge < -0.3 is 15.0 Å². The number of amides is 1. The van der Waals surface area contributed by atoms with Gasteiger partial charge in [-0.3, -0.25) is 4.79 Å². The molecule has 2 aromatic carbocycles. The van der Waals surface area contributed by atoms with Gasteiger partial charge in [0.15, 0.2) is 0 Å². The van der Waals surface area contributed by atoms with E-state index in [1.165, 1.54) is 6.07 Å². The highest BCUT2D eigenvalue weighted by molar-refractivity contribution is 6.06. The van der Waals surface area contributed by atoms with Gasteiger partial charge in [0.2, 0.25) is 0 Å². The van der Waals surface area contributed by atoms with Crippen molar-refractivity contribution in [2.45, 2.75) is 6.92 Å². The van der Waals surface area contributed by atoms with Gasteiger partial charge in [-0.05, 0) is 36.8 Å². The highest BCUT2D eigenvalue weighted by Crippen LogP contribution is 2.27. The summed E-state index contributed by atoms with van der Waals surface area (Å²) in [6.45, 7) is 4.58. The van der Waals surface area contributed by atoms with Crippen LogP contribution in [0.3, 0.4) is 0 Å². The summed E-state index contributed by atoms with van der Waals surface area (Å²) in [6.07, 6.45) is 0. The van der Waals surface area contributed by atoms with Crippen molar-refractivity contribution in [3.05, 3.63) is 59.4 Å². The minimum Gasteiger partial charge on any atom is -0.378 e. The van der Waals surface area contributed by atoms with Crippen LogP contribution in [-0.4, -0.2) is 32.2 Å². The summed E-state index contributed by atoms with van der Waals surface area (Å²) in [5, 5.41) is 2.88. The van der Waals surface area contributed by atoms with Gasteiger partial charge in [-0.2, -0.15) is 0 Å². The zero-order valence-electron chi connectivity index (χ0n) is 13.0. The molecule has 3 rings (SSSR count). The van der Waals surface area contributed by atoms with Crippen molar-refractivity contribution < 1.29 is 13.9 Å². The maximum atomic E-state index is 13.6. The van der Waals surface area contributed by atoms with E-state index in [-0.39, 0.29) is 11.7 Å². The fraction of sp³-hybridized carbons (Fsp3) is 0.278. The number of anilines is 2. The second kappa shape index (κ2) is 6.79. The molecule has 0 bridgehead atoms. The zero-order chi connectivity index (χ0) is 16.2. The first-order chi connectivity index (χ1) is 11.1. The van der Waals surface area contributed by atoms with E-state index in [2.05, 4.69) is 10.2 Å². The van der Waals surface area contributed by atoms with Crippen LogP contribution in [0.1, 0.15) is 15.9 Å². The highest BCUT2D eigenvalue weighted by Gasteiger charge is 2.16. The zero-order valence-corrected chi connectivity index (χ0v) is 13.0. The average molecular weight is 314 g/mol. The van der Waals surface area contributed by atoms with Gasteiger partial charge in [0.05, 0.1) is 24.6 Å². The molecule has 5 heteroatoms. The van der Waals surface area contributed by atoms with Crippen molar-refractivity contribution in [1.29, 1.82) is 0 Å². The Bertz CT molecular complexity index is 712. The molecule has 2 aromatic rings. The van der Waals surface area contributed by atoms with Crippen LogP contribution in [0.2, 0.25) is 0 Å². The molecule has 0 atom stereocenters. The number of hydrogen-bond acceptors (Lipinski definition) is 3. The van der Waals surface area contributed by atoms with Crippen molar-refractivity contribution in [3.63, 3.8) is 0 Å². The van der Waals surface area contributed by atoms with Gasteiger partial charge in [-0.25, -0.2) is 4.39 Å². The molecule has 0 saturated carbocycles. The number of hydrogen-bond donors (Lipinski definition) is 1. The van der Waals surface area contributed by atoms with Crippen LogP contribution in [0.5, 0.6) is 0 Å². The Kier molecular flexibility index (Phi) is 4.57. The second-order valence-electron chi connectivity index (χ2n) is 5.53. The average Bonchev–Trinajstić information content (AvgIpc) is 2.58. The lowest BCUT2D eigenvalue weighted by Gasteiger charge is -2.30. The molecular weight excluding hydrogens is 295 g/mol. The molecule has 1 aliphatic heterocycles. The third kappa shape index (κ3) is 3.51. The minimum atomic E-state index is -0.376. The predicted molar refractivity (Wildman–Crippen MR) is 88.6 cm³/mol. The van der Waals surface area contributed by atoms with E-state index in [0.717, 1.165) is 24.5 Å². The van der Waals surface area contributed by atoms with Crippen LogP contribution in [0.15, 0.2) is 42.5 Å². The maximum absolute atomic E-state index is 13.6. The molecule has 1 N–H and O–H groups in total. The maximum Gasteiger partial charge on any atom is 0.255 e. The molecule has 0 spiro atoms. The van der Waals surface area contributed by atoms with Crippen LogP contribution >= 0.6 is 0 Å². The topological polar surface area (TPSA) is 41.6 Å². The number of para-hydroxylation sites is 2. The van der Waals surface area contributed by atoms with Crippen LogP contribution in [0, 0.1) is 12.7 Å². The Morgan fingerprint density at radius 2 is 1.91 bits per heavy atom. The van der Waals surface area contributed by atoms with Gasteiger partial charge in [0.1, 0.15) is 5.82 Å².